The number of carbonyl (C=O) groups is 2. The molecule has 2 heterocycles. The summed E-state index contributed by atoms with van der Waals surface area (Å²) in [5, 5.41) is 0. The molecule has 2 aliphatic rings. The first-order chi connectivity index (χ1) is 14.3. The fourth-order valence-corrected chi connectivity index (χ4v) is 3.89. The Morgan fingerprint density at radius 2 is 1.70 bits per heavy atom. The number of likely N-dealkylation sites (tertiary alicyclic amines) is 1. The van der Waals surface area contributed by atoms with E-state index < -0.39 is 11.7 Å². The van der Waals surface area contributed by atoms with Gasteiger partial charge in [0.2, 0.25) is 5.91 Å². The molecule has 2 fully saturated rings. The maximum Gasteiger partial charge on any atom is 0.416 e. The first-order valence-electron chi connectivity index (χ1n) is 10.1. The molecular weight excluding hydrogens is 397 g/mol. The van der Waals surface area contributed by atoms with Crippen molar-refractivity contribution in [3.05, 3.63) is 59.5 Å². The third-order valence-corrected chi connectivity index (χ3v) is 5.77. The summed E-state index contributed by atoms with van der Waals surface area (Å²) < 4.78 is 43.5. The van der Waals surface area contributed by atoms with Crippen LogP contribution in [0.2, 0.25) is 0 Å². The van der Waals surface area contributed by atoms with Gasteiger partial charge < -0.3 is 14.2 Å². The van der Waals surface area contributed by atoms with Crippen LogP contribution in [-0.2, 0) is 17.5 Å². The number of hydrogen-bond donors (Lipinski definition) is 0. The lowest BCUT2D eigenvalue weighted by Crippen LogP contribution is -2.44. The van der Waals surface area contributed by atoms with Gasteiger partial charge >= 0.3 is 6.18 Å². The Morgan fingerprint density at radius 1 is 1.03 bits per heavy atom. The second-order valence-electron chi connectivity index (χ2n) is 7.92. The summed E-state index contributed by atoms with van der Waals surface area (Å²) in [5.41, 5.74) is -0.551. The fraction of sp³-hybridized carbons (Fsp3) is 0.455. The summed E-state index contributed by atoms with van der Waals surface area (Å²) in [6, 6.07) is 8.18. The molecule has 0 atom stereocenters. The number of benzene rings is 1. The van der Waals surface area contributed by atoms with E-state index in [2.05, 4.69) is 0 Å². The molecule has 1 saturated carbocycles. The van der Waals surface area contributed by atoms with Gasteiger partial charge in [-0.2, -0.15) is 13.2 Å². The van der Waals surface area contributed by atoms with Crippen LogP contribution < -0.4 is 0 Å². The zero-order valence-electron chi connectivity index (χ0n) is 16.4. The number of furan rings is 1. The molecule has 1 aromatic carbocycles. The van der Waals surface area contributed by atoms with Gasteiger partial charge in [0, 0.05) is 30.6 Å². The van der Waals surface area contributed by atoms with Crippen LogP contribution in [0.5, 0.6) is 0 Å². The molecule has 30 heavy (non-hydrogen) atoms. The van der Waals surface area contributed by atoms with E-state index in [0.717, 1.165) is 30.7 Å². The molecule has 160 valence electrons. The van der Waals surface area contributed by atoms with Crippen molar-refractivity contribution >= 4 is 11.8 Å². The lowest BCUT2D eigenvalue weighted by Gasteiger charge is -2.34. The Bertz CT molecular complexity index is 881. The highest BCUT2D eigenvalue weighted by atomic mass is 19.4. The quantitative estimate of drug-likeness (QED) is 0.723. The van der Waals surface area contributed by atoms with E-state index in [1.54, 1.807) is 17.2 Å². The minimum atomic E-state index is -4.43. The largest absolute Gasteiger partial charge is 0.467 e. The molecule has 2 amide bonds. The minimum Gasteiger partial charge on any atom is -0.467 e. The van der Waals surface area contributed by atoms with Crippen LogP contribution in [0.25, 0.3) is 0 Å². The monoisotopic (exact) mass is 420 g/mol. The van der Waals surface area contributed by atoms with E-state index in [9.17, 15) is 22.8 Å². The maximum atomic E-state index is 13.1. The van der Waals surface area contributed by atoms with Crippen molar-refractivity contribution < 1.29 is 27.2 Å². The van der Waals surface area contributed by atoms with Crippen molar-refractivity contribution in [3.63, 3.8) is 0 Å². The lowest BCUT2D eigenvalue weighted by atomic mass is 9.94. The third kappa shape index (κ3) is 4.52. The van der Waals surface area contributed by atoms with Gasteiger partial charge in [0.25, 0.3) is 5.91 Å². The third-order valence-electron chi connectivity index (χ3n) is 5.77. The smallest absolute Gasteiger partial charge is 0.416 e. The molecule has 1 saturated heterocycles. The second kappa shape index (κ2) is 8.16. The van der Waals surface area contributed by atoms with E-state index in [0.29, 0.717) is 32.5 Å². The van der Waals surface area contributed by atoms with Gasteiger partial charge in [-0.15, -0.1) is 0 Å². The predicted octanol–water partition coefficient (Wildman–Crippen LogP) is 4.34. The van der Waals surface area contributed by atoms with E-state index in [-0.39, 0.29) is 29.3 Å². The topological polar surface area (TPSA) is 53.8 Å². The van der Waals surface area contributed by atoms with Crippen molar-refractivity contribution in [2.45, 2.75) is 44.4 Å². The average Bonchev–Trinajstić information content (AvgIpc) is 3.46. The van der Waals surface area contributed by atoms with Crippen LogP contribution in [0.4, 0.5) is 13.2 Å². The van der Waals surface area contributed by atoms with Crippen molar-refractivity contribution in [2.75, 3.05) is 13.1 Å². The molecule has 2 aromatic rings. The Hall–Kier alpha value is -2.77. The van der Waals surface area contributed by atoms with Gasteiger partial charge in [-0.25, -0.2) is 0 Å². The number of hydrogen-bond acceptors (Lipinski definition) is 3. The highest BCUT2D eigenvalue weighted by Gasteiger charge is 2.38. The van der Waals surface area contributed by atoms with Crippen molar-refractivity contribution in [3.8, 4) is 0 Å². The lowest BCUT2D eigenvalue weighted by molar-refractivity contribution is -0.138. The molecule has 1 aliphatic heterocycles. The van der Waals surface area contributed by atoms with Gasteiger partial charge in [-0.1, -0.05) is 0 Å². The Morgan fingerprint density at radius 3 is 2.23 bits per heavy atom. The molecule has 5 nitrogen and oxygen atoms in total. The van der Waals surface area contributed by atoms with Crippen molar-refractivity contribution in [1.82, 2.24) is 9.80 Å². The number of piperidine rings is 1. The standard InChI is InChI=1S/C22H23F3N2O3/c23-22(24,25)17-5-3-15(4-6-17)20(28)26-11-9-16(10-12-26)21(29)27(18-7-8-18)14-19-2-1-13-30-19/h1-6,13,16,18H,7-12,14H2. The molecule has 0 bridgehead atoms. The van der Waals surface area contributed by atoms with Gasteiger partial charge in [0.05, 0.1) is 18.4 Å². The van der Waals surface area contributed by atoms with Crippen LogP contribution >= 0.6 is 0 Å². The number of halogens is 3. The molecule has 4 rings (SSSR count). The van der Waals surface area contributed by atoms with Gasteiger partial charge in [0.1, 0.15) is 5.76 Å². The number of nitrogens with zero attached hydrogens (tertiary/aromatic N) is 2. The summed E-state index contributed by atoms with van der Waals surface area (Å²) in [7, 11) is 0. The van der Waals surface area contributed by atoms with Gasteiger partial charge in [-0.3, -0.25) is 9.59 Å². The zero-order chi connectivity index (χ0) is 21.3. The summed E-state index contributed by atoms with van der Waals surface area (Å²) in [6.07, 6.45) is 0.258. The molecule has 1 aromatic heterocycles. The molecule has 8 heteroatoms. The van der Waals surface area contributed by atoms with Crippen LogP contribution in [0.1, 0.15) is 47.4 Å². The van der Waals surface area contributed by atoms with Crippen LogP contribution in [0.15, 0.2) is 47.1 Å². The molecule has 0 unspecified atom stereocenters. The Balaban J connectivity index is 1.34. The van der Waals surface area contributed by atoms with Crippen molar-refractivity contribution in [2.24, 2.45) is 5.92 Å². The molecule has 0 N–H and O–H groups in total. The first kappa shape index (κ1) is 20.5. The average molecular weight is 420 g/mol. The highest BCUT2D eigenvalue weighted by Crippen LogP contribution is 2.32. The number of rotatable bonds is 5. The number of amides is 2. The molecule has 0 radical (unpaired) electrons. The summed E-state index contributed by atoms with van der Waals surface area (Å²) in [4.78, 5) is 29.2. The Labute approximate surface area is 172 Å². The summed E-state index contributed by atoms with van der Waals surface area (Å²) in [5.74, 6) is 0.391. The molecule has 1 aliphatic carbocycles. The summed E-state index contributed by atoms with van der Waals surface area (Å²) >= 11 is 0. The van der Waals surface area contributed by atoms with E-state index in [4.69, 9.17) is 4.42 Å². The van der Waals surface area contributed by atoms with E-state index in [1.807, 2.05) is 11.0 Å². The second-order valence-corrected chi connectivity index (χ2v) is 7.92. The fourth-order valence-electron chi connectivity index (χ4n) is 3.89. The number of carbonyl (C=O) groups excluding carboxylic acids is 2. The molecule has 0 spiro atoms. The predicted molar refractivity (Wildman–Crippen MR) is 102 cm³/mol. The van der Waals surface area contributed by atoms with E-state index >= 15 is 0 Å². The minimum absolute atomic E-state index is 0.0931. The van der Waals surface area contributed by atoms with E-state index in [1.165, 1.54) is 12.1 Å². The summed E-state index contributed by atoms with van der Waals surface area (Å²) in [6.45, 7) is 1.28. The van der Waals surface area contributed by atoms with Gasteiger partial charge in [0.15, 0.2) is 0 Å². The number of alkyl halides is 3. The SMILES string of the molecule is O=C(c1ccc(C(F)(F)F)cc1)N1CCC(C(=O)N(Cc2ccco2)C2CC2)CC1. The maximum absolute atomic E-state index is 13.1. The Kier molecular flexibility index (Phi) is 5.58. The normalized spacial score (nSPS) is 17.8. The van der Waals surface area contributed by atoms with Crippen molar-refractivity contribution in [1.29, 1.82) is 0 Å². The van der Waals surface area contributed by atoms with Gasteiger partial charge in [-0.05, 0) is 62.1 Å². The van der Waals surface area contributed by atoms with Crippen LogP contribution in [0.3, 0.4) is 0 Å². The zero-order valence-corrected chi connectivity index (χ0v) is 16.4. The van der Waals surface area contributed by atoms with Crippen LogP contribution in [-0.4, -0.2) is 40.7 Å². The first-order valence-corrected chi connectivity index (χ1v) is 10.1. The van der Waals surface area contributed by atoms with Crippen LogP contribution in [0, 0.1) is 5.92 Å². The highest BCUT2D eigenvalue weighted by molar-refractivity contribution is 5.94. The molecular formula is C22H23F3N2O3.